The predicted octanol–water partition coefficient (Wildman–Crippen LogP) is 1.49. The number of carboxylic acids is 1. The Hall–Kier alpha value is -1.17. The van der Waals surface area contributed by atoms with Crippen molar-refractivity contribution in [1.29, 1.82) is 0 Å². The number of nitrogens with zero attached hydrogens (tertiary/aromatic N) is 1. The van der Waals surface area contributed by atoms with Crippen LogP contribution in [0.25, 0.3) is 0 Å². The Morgan fingerprint density at radius 1 is 1.53 bits per heavy atom. The van der Waals surface area contributed by atoms with Crippen LogP contribution in [0.15, 0.2) is 18.2 Å². The first-order valence-corrected chi connectivity index (χ1v) is 5.32. The highest BCUT2D eigenvalue weighted by Gasteiger charge is 2.29. The summed E-state index contributed by atoms with van der Waals surface area (Å²) in [7, 11) is 3.27. The lowest BCUT2D eigenvalue weighted by molar-refractivity contribution is -0.140. The average Bonchev–Trinajstić information content (AvgIpc) is 2.22. The molecule has 2 atom stereocenters. The predicted molar refractivity (Wildman–Crippen MR) is 63.4 cm³/mol. The minimum Gasteiger partial charge on any atom is -0.480 e. The van der Waals surface area contributed by atoms with E-state index in [1.165, 1.54) is 18.2 Å². The van der Waals surface area contributed by atoms with Crippen LogP contribution in [0.2, 0.25) is 5.02 Å². The zero-order valence-corrected chi connectivity index (χ0v) is 10.3. The Kier molecular flexibility index (Phi) is 4.45. The number of carboxylic acid groups (broad SMARTS) is 1. The van der Waals surface area contributed by atoms with E-state index < -0.39 is 23.9 Å². The summed E-state index contributed by atoms with van der Waals surface area (Å²) in [6, 6.07) is 2.00. The molecule has 0 radical (unpaired) electrons. The van der Waals surface area contributed by atoms with Crippen LogP contribution in [0.3, 0.4) is 0 Å². The van der Waals surface area contributed by atoms with Gasteiger partial charge in [0.1, 0.15) is 11.9 Å². The van der Waals surface area contributed by atoms with Gasteiger partial charge < -0.3 is 15.7 Å². The largest absolute Gasteiger partial charge is 0.480 e. The highest BCUT2D eigenvalue weighted by atomic mass is 35.5. The van der Waals surface area contributed by atoms with Crippen molar-refractivity contribution in [3.63, 3.8) is 0 Å². The third-order valence-corrected chi connectivity index (χ3v) is 2.69. The molecule has 0 aliphatic rings. The van der Waals surface area contributed by atoms with Crippen LogP contribution in [0.1, 0.15) is 11.6 Å². The smallest absolute Gasteiger partial charge is 0.322 e. The normalized spacial score (nSPS) is 14.7. The van der Waals surface area contributed by atoms with Crippen molar-refractivity contribution in [3.05, 3.63) is 34.6 Å². The van der Waals surface area contributed by atoms with Gasteiger partial charge in [-0.1, -0.05) is 11.6 Å². The molecule has 17 heavy (non-hydrogen) atoms. The van der Waals surface area contributed by atoms with Gasteiger partial charge in [-0.05, 0) is 32.3 Å². The molecule has 94 valence electrons. The van der Waals surface area contributed by atoms with E-state index >= 15 is 0 Å². The second-order valence-electron chi connectivity index (χ2n) is 3.94. The number of likely N-dealkylation sites (N-methyl/N-ethyl adjacent to an activating group) is 1. The first-order valence-electron chi connectivity index (χ1n) is 4.94. The number of carbonyl (C=O) groups is 1. The fraction of sp³-hybridized carbons (Fsp3) is 0.364. The monoisotopic (exact) mass is 260 g/mol. The van der Waals surface area contributed by atoms with Crippen molar-refractivity contribution in [2.75, 3.05) is 14.1 Å². The molecular formula is C11H14ClFN2O2. The molecule has 6 heteroatoms. The summed E-state index contributed by atoms with van der Waals surface area (Å²) in [5.41, 5.74) is 5.74. The summed E-state index contributed by atoms with van der Waals surface area (Å²) in [5, 5.41) is 9.25. The minimum atomic E-state index is -1.22. The minimum absolute atomic E-state index is 0.178. The Balaban J connectivity index is 3.22. The molecule has 4 nitrogen and oxygen atoms in total. The van der Waals surface area contributed by atoms with Crippen molar-refractivity contribution in [2.24, 2.45) is 5.73 Å². The summed E-state index contributed by atoms with van der Waals surface area (Å²) in [6.45, 7) is 0. The molecule has 0 bridgehead atoms. The second-order valence-corrected chi connectivity index (χ2v) is 4.37. The second kappa shape index (κ2) is 5.44. The third-order valence-electron chi connectivity index (χ3n) is 2.46. The van der Waals surface area contributed by atoms with Gasteiger partial charge >= 0.3 is 5.97 Å². The van der Waals surface area contributed by atoms with Gasteiger partial charge in [-0.15, -0.1) is 0 Å². The highest BCUT2D eigenvalue weighted by molar-refractivity contribution is 6.30. The van der Waals surface area contributed by atoms with E-state index in [4.69, 9.17) is 22.4 Å². The molecule has 0 fully saturated rings. The van der Waals surface area contributed by atoms with Gasteiger partial charge in [0.05, 0.1) is 6.04 Å². The van der Waals surface area contributed by atoms with E-state index in [0.29, 0.717) is 5.02 Å². The van der Waals surface area contributed by atoms with E-state index in [9.17, 15) is 9.18 Å². The zero-order chi connectivity index (χ0) is 13.2. The van der Waals surface area contributed by atoms with Gasteiger partial charge in [0, 0.05) is 10.6 Å². The van der Waals surface area contributed by atoms with Crippen LogP contribution in [-0.4, -0.2) is 36.1 Å². The third kappa shape index (κ3) is 3.15. The summed E-state index contributed by atoms with van der Waals surface area (Å²) in [5.74, 6) is -1.71. The molecule has 0 amide bonds. The van der Waals surface area contributed by atoms with E-state index in [0.717, 1.165) is 0 Å². The van der Waals surface area contributed by atoms with Gasteiger partial charge in [0.25, 0.3) is 0 Å². The molecule has 0 spiro atoms. The van der Waals surface area contributed by atoms with Gasteiger partial charge in [0.15, 0.2) is 0 Å². The number of halogens is 2. The lowest BCUT2D eigenvalue weighted by Crippen LogP contribution is -2.43. The van der Waals surface area contributed by atoms with E-state index in [-0.39, 0.29) is 5.56 Å². The molecule has 0 aliphatic heterocycles. The summed E-state index contributed by atoms with van der Waals surface area (Å²) >= 11 is 5.78. The standard InChI is InChI=1S/C11H14ClFN2O2/c1-15(2)10(9(14)11(16)17)7-5-6(12)3-4-8(7)13/h3-5,9-10H,14H2,1-2H3,(H,16,17). The van der Waals surface area contributed by atoms with Crippen molar-refractivity contribution in [1.82, 2.24) is 4.90 Å². The van der Waals surface area contributed by atoms with E-state index in [1.54, 1.807) is 19.0 Å². The SMILES string of the molecule is CN(C)C(c1cc(Cl)ccc1F)C(N)C(=O)O. The maximum absolute atomic E-state index is 13.7. The summed E-state index contributed by atoms with van der Waals surface area (Å²) < 4.78 is 13.7. The summed E-state index contributed by atoms with van der Waals surface area (Å²) in [6.07, 6.45) is 0. The maximum Gasteiger partial charge on any atom is 0.322 e. The lowest BCUT2D eigenvalue weighted by atomic mass is 9.98. The quantitative estimate of drug-likeness (QED) is 0.861. The van der Waals surface area contributed by atoms with Crippen molar-refractivity contribution >= 4 is 17.6 Å². The molecule has 0 saturated heterocycles. The van der Waals surface area contributed by atoms with Crippen LogP contribution >= 0.6 is 11.6 Å². The van der Waals surface area contributed by atoms with Crippen molar-refractivity contribution < 1.29 is 14.3 Å². The number of aliphatic carboxylic acids is 1. The van der Waals surface area contributed by atoms with Gasteiger partial charge in [-0.2, -0.15) is 0 Å². The van der Waals surface area contributed by atoms with Gasteiger partial charge in [-0.3, -0.25) is 4.79 Å². The molecular weight excluding hydrogens is 247 g/mol. The number of rotatable bonds is 4. The van der Waals surface area contributed by atoms with Crippen molar-refractivity contribution in [3.8, 4) is 0 Å². The number of hydrogen-bond acceptors (Lipinski definition) is 3. The average molecular weight is 261 g/mol. The zero-order valence-electron chi connectivity index (χ0n) is 9.52. The van der Waals surface area contributed by atoms with E-state index in [1.807, 2.05) is 0 Å². The fourth-order valence-corrected chi connectivity index (χ4v) is 1.85. The van der Waals surface area contributed by atoms with Crippen LogP contribution in [0.4, 0.5) is 4.39 Å². The number of nitrogens with two attached hydrogens (primary N) is 1. The first kappa shape index (κ1) is 13.9. The molecule has 1 aromatic carbocycles. The lowest BCUT2D eigenvalue weighted by Gasteiger charge is -2.28. The van der Waals surface area contributed by atoms with Crippen LogP contribution < -0.4 is 5.73 Å². The number of benzene rings is 1. The van der Waals surface area contributed by atoms with Gasteiger partial charge in [0.2, 0.25) is 0 Å². The summed E-state index contributed by atoms with van der Waals surface area (Å²) in [4.78, 5) is 12.5. The first-order chi connectivity index (χ1) is 7.84. The van der Waals surface area contributed by atoms with Crippen LogP contribution in [0.5, 0.6) is 0 Å². The molecule has 0 aliphatic carbocycles. The Morgan fingerprint density at radius 3 is 2.59 bits per heavy atom. The molecule has 1 aromatic rings. The van der Waals surface area contributed by atoms with E-state index in [2.05, 4.69) is 0 Å². The Bertz CT molecular complexity index is 426. The molecule has 3 N–H and O–H groups in total. The molecule has 0 saturated carbocycles. The van der Waals surface area contributed by atoms with Crippen LogP contribution in [0, 0.1) is 5.82 Å². The molecule has 0 heterocycles. The Labute approximate surface area is 104 Å². The highest BCUT2D eigenvalue weighted by Crippen LogP contribution is 2.26. The molecule has 2 unspecified atom stereocenters. The molecule has 1 rings (SSSR count). The Morgan fingerprint density at radius 2 is 2.12 bits per heavy atom. The topological polar surface area (TPSA) is 66.6 Å². The van der Waals surface area contributed by atoms with Crippen LogP contribution in [-0.2, 0) is 4.79 Å². The maximum atomic E-state index is 13.7. The van der Waals surface area contributed by atoms with Crippen molar-refractivity contribution in [2.45, 2.75) is 12.1 Å². The van der Waals surface area contributed by atoms with Gasteiger partial charge in [-0.25, -0.2) is 4.39 Å². The molecule has 0 aromatic heterocycles. The fourth-order valence-electron chi connectivity index (χ4n) is 1.67. The number of hydrogen-bond donors (Lipinski definition) is 2.